The van der Waals surface area contributed by atoms with Crippen molar-refractivity contribution in [3.05, 3.63) is 435 Å². The molecule has 0 aliphatic heterocycles. The Kier molecular flexibility index (Phi) is 33.6. The van der Waals surface area contributed by atoms with E-state index in [2.05, 4.69) is 477 Å². The van der Waals surface area contributed by atoms with Gasteiger partial charge < -0.3 is 14.2 Å². The van der Waals surface area contributed by atoms with E-state index in [1.54, 1.807) is 7.11 Å². The van der Waals surface area contributed by atoms with Crippen LogP contribution in [-0.4, -0.2) is 19.8 Å². The summed E-state index contributed by atoms with van der Waals surface area (Å²) in [7, 11) is 1.29. The fourth-order valence-electron chi connectivity index (χ4n) is 13.5. The van der Waals surface area contributed by atoms with Crippen molar-refractivity contribution in [2.45, 2.75) is 199 Å². The van der Waals surface area contributed by atoms with Gasteiger partial charge in [-0.2, -0.15) is 0 Å². The highest BCUT2D eigenvalue weighted by molar-refractivity contribution is 7.98. The van der Waals surface area contributed by atoms with Gasteiger partial charge in [-0.25, -0.2) is 0 Å². The predicted octanol–water partition coefficient (Wildman–Crippen LogP) is 30.2. The van der Waals surface area contributed by atoms with E-state index in [4.69, 9.17) is 14.2 Å². The van der Waals surface area contributed by atoms with E-state index in [1.807, 2.05) is 32.9 Å². The second kappa shape index (κ2) is 44.7. The minimum Gasteiger partial charge on any atom is -0.497 e. The molecule has 0 fully saturated rings. The Labute approximate surface area is 733 Å². The molecule has 0 N–H and O–H groups in total. The van der Waals surface area contributed by atoms with E-state index in [-0.39, 0.29) is 76.8 Å². The minimum atomic E-state index is -0.106. The van der Waals surface area contributed by atoms with Gasteiger partial charge in [-0.15, -0.1) is 0 Å². The molecule has 0 saturated heterocycles. The van der Waals surface area contributed by atoms with Gasteiger partial charge in [0.1, 0.15) is 17.2 Å². The third-order valence-corrected chi connectivity index (χ3v) is 30.8. The maximum Gasteiger partial charge on any atom is 0.166 e. The molecular formula is C112H119O3S5+5. The third kappa shape index (κ3) is 26.5. The number of benzene rings is 15. The van der Waals surface area contributed by atoms with E-state index in [0.29, 0.717) is 12.5 Å². The monoisotopic (exact) mass is 1670 g/mol. The summed E-state index contributed by atoms with van der Waals surface area (Å²) in [4.78, 5) is 20.1. The van der Waals surface area contributed by atoms with Crippen molar-refractivity contribution >= 4 is 54.5 Å². The summed E-state index contributed by atoms with van der Waals surface area (Å²) in [6.07, 6.45) is 1.33. The molecule has 0 aliphatic rings. The van der Waals surface area contributed by atoms with E-state index < -0.39 is 0 Å². The van der Waals surface area contributed by atoms with E-state index in [0.717, 1.165) is 23.7 Å². The summed E-state index contributed by atoms with van der Waals surface area (Å²) < 4.78 is 16.6. The van der Waals surface area contributed by atoms with Crippen LogP contribution in [0.4, 0.5) is 0 Å². The van der Waals surface area contributed by atoms with Gasteiger partial charge >= 0.3 is 0 Å². The molecule has 8 heteroatoms. The lowest BCUT2D eigenvalue weighted by molar-refractivity contribution is 0.242. The third-order valence-electron chi connectivity index (χ3n) is 19.6. The van der Waals surface area contributed by atoms with Gasteiger partial charge in [0, 0.05) is 0 Å². The lowest BCUT2D eigenvalue weighted by Gasteiger charge is -2.20. The van der Waals surface area contributed by atoms with Crippen LogP contribution in [-0.2, 0) is 77.1 Å². The van der Waals surface area contributed by atoms with Crippen LogP contribution in [0.15, 0.2) is 486 Å². The van der Waals surface area contributed by atoms with Crippen molar-refractivity contribution < 1.29 is 14.2 Å². The van der Waals surface area contributed by atoms with Crippen LogP contribution in [0, 0.1) is 5.92 Å². The van der Waals surface area contributed by atoms with Gasteiger partial charge in [-0.05, 0) is 290 Å². The van der Waals surface area contributed by atoms with Gasteiger partial charge in [0.15, 0.2) is 73.4 Å². The van der Waals surface area contributed by atoms with Crippen LogP contribution < -0.4 is 14.2 Å². The SMILES string of the molecule is CC(C)(C)c1ccc([S+](c2ccccc2)c2ccccc2)cc1.CC(C)Cc1ccc([S+](c2ccc(C(C)(C)C)cc2)c2ccc(C(C)(C)C)cc2)cc1.CC(C)Oc1ccc([S+](c2ccccc2)c2ccccc2)cc1.CCOc1ccc([S+](c2ccccc2)c2ccccc2)cc1.COc1ccc([S+](c2ccccc2)c2ccccc2)cc1. The fraction of sp³-hybridized carbons (Fsp3) is 0.196. The summed E-state index contributed by atoms with van der Waals surface area (Å²) >= 11 is 0. The van der Waals surface area contributed by atoms with Crippen LogP contribution >= 0.6 is 0 Å². The summed E-state index contributed by atoms with van der Waals surface area (Å²) in [6.45, 7) is 31.8. The molecular weight excluding hydrogens is 1550 g/mol. The fourth-order valence-corrected chi connectivity index (χ4v) is 23.9. The normalized spacial score (nSPS) is 11.4. The minimum absolute atomic E-state index is 0.0497. The Morgan fingerprint density at radius 1 is 0.225 bits per heavy atom. The Morgan fingerprint density at radius 2 is 0.408 bits per heavy atom. The van der Waals surface area contributed by atoms with Gasteiger partial charge in [-0.3, -0.25) is 0 Å². The predicted molar refractivity (Wildman–Crippen MR) is 516 cm³/mol. The topological polar surface area (TPSA) is 27.7 Å². The molecule has 15 aromatic rings. The lowest BCUT2D eigenvalue weighted by Crippen LogP contribution is -2.13. The zero-order chi connectivity index (χ0) is 84.9. The summed E-state index contributed by atoms with van der Waals surface area (Å²) in [5.74, 6) is 3.42. The second-order valence-electron chi connectivity index (χ2n) is 32.8. The Balaban J connectivity index is 0.000000148. The van der Waals surface area contributed by atoms with Crippen LogP contribution in [0.2, 0.25) is 0 Å². The first-order chi connectivity index (χ1) is 58.0. The maximum absolute atomic E-state index is 5.76. The zero-order valence-corrected chi connectivity index (χ0v) is 76.7. The highest BCUT2D eigenvalue weighted by Crippen LogP contribution is 2.39. The molecule has 0 amide bonds. The maximum atomic E-state index is 5.76. The average molecular weight is 1670 g/mol. The van der Waals surface area contributed by atoms with Crippen LogP contribution in [0.25, 0.3) is 0 Å². The van der Waals surface area contributed by atoms with Crippen LogP contribution in [0.3, 0.4) is 0 Å². The van der Waals surface area contributed by atoms with Gasteiger partial charge in [-0.1, -0.05) is 270 Å². The van der Waals surface area contributed by atoms with Crippen molar-refractivity contribution in [2.24, 2.45) is 5.92 Å². The number of rotatable bonds is 22. The molecule has 0 heterocycles. The number of methoxy groups -OCH3 is 1. The second-order valence-corrected chi connectivity index (χ2v) is 43.0. The molecule has 3 nitrogen and oxygen atoms in total. The van der Waals surface area contributed by atoms with Crippen LogP contribution in [0.1, 0.15) is 119 Å². The van der Waals surface area contributed by atoms with Gasteiger partial charge in [0.25, 0.3) is 0 Å². The Morgan fingerprint density at radius 3 is 0.592 bits per heavy atom. The molecule has 15 rings (SSSR count). The lowest BCUT2D eigenvalue weighted by atomic mass is 9.87. The smallest absolute Gasteiger partial charge is 0.166 e. The summed E-state index contributed by atoms with van der Waals surface area (Å²) in [5, 5.41) is 0. The molecule has 0 saturated carbocycles. The molecule has 0 spiro atoms. The quantitative estimate of drug-likeness (QED) is 0.0633. The molecule has 0 aromatic heterocycles. The molecule has 0 bridgehead atoms. The van der Waals surface area contributed by atoms with E-state index in [1.165, 1.54) is 95.7 Å². The van der Waals surface area contributed by atoms with Crippen molar-refractivity contribution in [3.8, 4) is 17.2 Å². The molecule has 610 valence electrons. The van der Waals surface area contributed by atoms with Crippen molar-refractivity contribution in [1.82, 2.24) is 0 Å². The number of ether oxygens (including phenoxy) is 3. The van der Waals surface area contributed by atoms with E-state index in [9.17, 15) is 0 Å². The van der Waals surface area contributed by atoms with E-state index >= 15 is 0 Å². The summed E-state index contributed by atoms with van der Waals surface area (Å²) in [5.41, 5.74) is 6.11. The largest absolute Gasteiger partial charge is 0.497 e. The first kappa shape index (κ1) is 90.2. The molecule has 15 aromatic carbocycles. The number of hydrogen-bond acceptors (Lipinski definition) is 3. The molecule has 0 aliphatic carbocycles. The first-order valence-electron chi connectivity index (χ1n) is 41.7. The standard InChI is InChI=1S/C30H39S.C22H23S.C21H21OS.C20H19OS.C19H17OS/c1-22(2)21-23-9-15-26(16-10-23)31(27-17-11-24(12-18-27)29(3,4)5)28-19-13-25(14-20-28)30(6,7)8;1-22(2,3)18-14-16-21(17-15-18)23(19-10-6-4-7-11-19)20-12-8-5-9-13-20;1-17(2)22-18-13-15-21(16-14-18)23(19-9-5-3-6-10-19)20-11-7-4-8-12-20;1-2-21-17-13-15-20(16-14-17)22(18-9-5-3-6-10-18)19-11-7-4-8-12-19;1-20-16-12-14-19(15-13-16)21(17-8-4-2-5-9-17)18-10-6-3-7-11-18/h9-20,22H,21H2,1-8H3;4-17H,1-3H3;3-17H,1-2H3;3-16H,2H2,1H3;2-15H,1H3/q5*+1. The van der Waals surface area contributed by atoms with Crippen molar-refractivity contribution in [2.75, 3.05) is 13.7 Å². The van der Waals surface area contributed by atoms with Crippen molar-refractivity contribution in [1.29, 1.82) is 0 Å². The molecule has 0 atom stereocenters. The molecule has 0 unspecified atom stereocenters. The zero-order valence-electron chi connectivity index (χ0n) is 72.6. The molecule has 120 heavy (non-hydrogen) atoms. The summed E-state index contributed by atoms with van der Waals surface area (Å²) in [6, 6.07) is 148. The molecule has 0 radical (unpaired) electrons. The van der Waals surface area contributed by atoms with Crippen LogP contribution in [0.5, 0.6) is 17.2 Å². The average Bonchev–Trinajstić information content (AvgIpc) is 0.797. The van der Waals surface area contributed by atoms with Gasteiger partial charge in [0.2, 0.25) is 0 Å². The number of hydrogen-bond donors (Lipinski definition) is 0. The first-order valence-corrected chi connectivity index (χ1v) is 47.8. The highest BCUT2D eigenvalue weighted by atomic mass is 32.2. The Hall–Kier alpha value is -10.6. The Bertz CT molecular complexity index is 5180. The van der Waals surface area contributed by atoms with Gasteiger partial charge in [0.05, 0.1) is 74.3 Å². The highest BCUT2D eigenvalue weighted by Gasteiger charge is 2.34. The van der Waals surface area contributed by atoms with Crippen molar-refractivity contribution in [3.63, 3.8) is 0 Å².